The Hall–Kier alpha value is -7.43. The molecule has 55 heavy (non-hydrogen) atoms. The summed E-state index contributed by atoms with van der Waals surface area (Å²) in [5, 5.41) is 6.91. The van der Waals surface area contributed by atoms with Gasteiger partial charge in [-0.25, -0.2) is 4.98 Å². The van der Waals surface area contributed by atoms with Crippen molar-refractivity contribution in [2.75, 3.05) is 4.90 Å². The van der Waals surface area contributed by atoms with Gasteiger partial charge >= 0.3 is 0 Å². The molecule has 11 rings (SSSR count). The van der Waals surface area contributed by atoms with Gasteiger partial charge in [0.05, 0.1) is 11.1 Å². The number of hydrogen-bond acceptors (Lipinski definition) is 4. The summed E-state index contributed by atoms with van der Waals surface area (Å²) < 4.78 is 13.1. The molecule has 0 amide bonds. The van der Waals surface area contributed by atoms with Gasteiger partial charge in [0.15, 0.2) is 11.2 Å². The smallest absolute Gasteiger partial charge is 0.227 e. The van der Waals surface area contributed by atoms with E-state index in [1.807, 2.05) is 42.5 Å². The highest BCUT2D eigenvalue weighted by Gasteiger charge is 2.23. The lowest BCUT2D eigenvalue weighted by atomic mass is 9.93. The summed E-state index contributed by atoms with van der Waals surface area (Å²) in [6, 6.07) is 68.1. The Morgan fingerprint density at radius 3 is 1.87 bits per heavy atom. The molecule has 0 saturated carbocycles. The van der Waals surface area contributed by atoms with E-state index in [2.05, 4.69) is 157 Å². The van der Waals surface area contributed by atoms with Crippen LogP contribution in [-0.4, -0.2) is 4.98 Å². The molecule has 0 fully saturated rings. The fraction of sp³-hybridized carbons (Fsp3) is 0. The number of rotatable bonds is 6. The van der Waals surface area contributed by atoms with Gasteiger partial charge in [-0.3, -0.25) is 0 Å². The van der Waals surface area contributed by atoms with Gasteiger partial charge in [-0.15, -0.1) is 0 Å². The molecular formula is C51H32N2O2. The summed E-state index contributed by atoms with van der Waals surface area (Å²) in [6.45, 7) is 0. The Morgan fingerprint density at radius 2 is 1.05 bits per heavy atom. The first-order valence-corrected chi connectivity index (χ1v) is 18.5. The van der Waals surface area contributed by atoms with Crippen molar-refractivity contribution < 1.29 is 8.83 Å². The number of anilines is 3. The van der Waals surface area contributed by atoms with E-state index in [9.17, 15) is 0 Å². The van der Waals surface area contributed by atoms with Gasteiger partial charge in [-0.2, -0.15) is 0 Å². The van der Waals surface area contributed by atoms with Crippen LogP contribution in [0, 0.1) is 0 Å². The second-order valence-corrected chi connectivity index (χ2v) is 13.9. The van der Waals surface area contributed by atoms with Crippen LogP contribution in [0.3, 0.4) is 0 Å². The quantitative estimate of drug-likeness (QED) is 0.162. The zero-order valence-corrected chi connectivity index (χ0v) is 29.7. The SMILES string of the molecule is c1ccc(-c2cccc(N(c3ccc(-c4cc5ccccc5c5ccccc45)cc3)c3cccc4c3oc3ccc5oc(-c6ccccc6)nc5c34)c2)cc1. The number of oxazole rings is 1. The monoisotopic (exact) mass is 704 g/mol. The lowest BCUT2D eigenvalue weighted by Gasteiger charge is -2.26. The van der Waals surface area contributed by atoms with E-state index >= 15 is 0 Å². The van der Waals surface area contributed by atoms with E-state index < -0.39 is 0 Å². The molecule has 4 heteroatoms. The van der Waals surface area contributed by atoms with E-state index in [0.29, 0.717) is 5.89 Å². The van der Waals surface area contributed by atoms with Crippen LogP contribution in [0.4, 0.5) is 17.1 Å². The number of benzene rings is 9. The maximum Gasteiger partial charge on any atom is 0.227 e. The van der Waals surface area contributed by atoms with E-state index in [-0.39, 0.29) is 0 Å². The maximum atomic E-state index is 6.80. The molecule has 0 radical (unpaired) electrons. The second kappa shape index (κ2) is 12.6. The van der Waals surface area contributed by atoms with Crippen LogP contribution in [0.25, 0.3) is 88.3 Å². The summed E-state index contributed by atoms with van der Waals surface area (Å²) in [5.74, 6) is 0.590. The van der Waals surface area contributed by atoms with E-state index in [0.717, 1.165) is 72.4 Å². The van der Waals surface area contributed by atoms with Crippen molar-refractivity contribution in [1.82, 2.24) is 4.98 Å². The number of hydrogen-bond donors (Lipinski definition) is 0. The summed E-state index contributed by atoms with van der Waals surface area (Å²) in [7, 11) is 0. The zero-order valence-electron chi connectivity index (χ0n) is 29.7. The topological polar surface area (TPSA) is 42.4 Å². The first-order chi connectivity index (χ1) is 27.3. The van der Waals surface area contributed by atoms with Gasteiger partial charge in [0.1, 0.15) is 11.1 Å². The molecule has 0 aliphatic rings. The average Bonchev–Trinajstić information content (AvgIpc) is 3.87. The molecule has 0 aliphatic heterocycles. The summed E-state index contributed by atoms with van der Waals surface area (Å²) in [5.41, 5.74) is 11.6. The minimum Gasteiger partial charge on any atom is -0.454 e. The first kappa shape index (κ1) is 31.1. The summed E-state index contributed by atoms with van der Waals surface area (Å²) in [6.07, 6.45) is 0. The van der Waals surface area contributed by atoms with Crippen molar-refractivity contribution in [3.63, 3.8) is 0 Å². The molecule has 2 heterocycles. The van der Waals surface area contributed by atoms with Gasteiger partial charge in [0.2, 0.25) is 5.89 Å². The van der Waals surface area contributed by atoms with Gasteiger partial charge in [-0.1, -0.05) is 133 Å². The molecule has 4 nitrogen and oxygen atoms in total. The van der Waals surface area contributed by atoms with E-state index in [1.165, 1.54) is 27.1 Å². The number of furan rings is 1. The Morgan fingerprint density at radius 1 is 0.400 bits per heavy atom. The van der Waals surface area contributed by atoms with Crippen molar-refractivity contribution >= 4 is 71.6 Å². The first-order valence-electron chi connectivity index (χ1n) is 18.5. The van der Waals surface area contributed by atoms with Crippen LogP contribution in [0.5, 0.6) is 0 Å². The lowest BCUT2D eigenvalue weighted by Crippen LogP contribution is -2.10. The summed E-state index contributed by atoms with van der Waals surface area (Å²) in [4.78, 5) is 7.31. The van der Waals surface area contributed by atoms with Crippen LogP contribution in [0.15, 0.2) is 203 Å². The normalized spacial score (nSPS) is 11.6. The van der Waals surface area contributed by atoms with Crippen molar-refractivity contribution in [3.8, 4) is 33.7 Å². The highest BCUT2D eigenvalue weighted by Crippen LogP contribution is 2.45. The van der Waals surface area contributed by atoms with Crippen LogP contribution >= 0.6 is 0 Å². The molecule has 0 saturated heterocycles. The van der Waals surface area contributed by atoms with Gasteiger partial charge in [-0.05, 0) is 104 Å². The molecule has 0 unspecified atom stereocenters. The van der Waals surface area contributed by atoms with Crippen molar-refractivity contribution in [1.29, 1.82) is 0 Å². The highest BCUT2D eigenvalue weighted by atomic mass is 16.4. The third kappa shape index (κ3) is 5.19. The highest BCUT2D eigenvalue weighted by molar-refractivity contribution is 6.19. The molecule has 0 N–H and O–H groups in total. The Labute approximate surface area is 317 Å². The number of fused-ring (bicyclic) bond motifs is 8. The molecule has 258 valence electrons. The summed E-state index contributed by atoms with van der Waals surface area (Å²) >= 11 is 0. The maximum absolute atomic E-state index is 6.80. The standard InChI is InChI=1S/C51H32N2O2/c1-3-13-33(14-4-1)36-18-11-19-39(31-36)53(38-27-25-34(26-28-38)44-32-37-17-7-8-20-40(37)41-21-9-10-22-42(41)44)45-24-12-23-43-48-46(54-50(43)45)29-30-47-49(48)52-51(55-47)35-15-5-2-6-16-35/h1-32H. The van der Waals surface area contributed by atoms with Crippen LogP contribution in [0.2, 0.25) is 0 Å². The molecule has 9 aromatic carbocycles. The van der Waals surface area contributed by atoms with Crippen molar-refractivity contribution in [2.24, 2.45) is 0 Å². The lowest BCUT2D eigenvalue weighted by molar-refractivity contribution is 0.619. The molecule has 0 atom stereocenters. The average molecular weight is 705 g/mol. The minimum atomic E-state index is 0.590. The Bertz CT molecular complexity index is 3200. The van der Waals surface area contributed by atoms with Crippen LogP contribution < -0.4 is 4.90 Å². The second-order valence-electron chi connectivity index (χ2n) is 13.9. The number of para-hydroxylation sites is 1. The minimum absolute atomic E-state index is 0.590. The van der Waals surface area contributed by atoms with Crippen molar-refractivity contribution in [3.05, 3.63) is 194 Å². The predicted octanol–water partition coefficient (Wildman–Crippen LogP) is 14.5. The van der Waals surface area contributed by atoms with Gasteiger partial charge in [0, 0.05) is 22.3 Å². The Kier molecular flexibility index (Phi) is 7.14. The number of aromatic nitrogens is 1. The number of nitrogens with zero attached hydrogens (tertiary/aromatic N) is 2. The third-order valence-corrected chi connectivity index (χ3v) is 10.7. The van der Waals surface area contributed by atoms with Gasteiger partial charge < -0.3 is 13.7 Å². The molecule has 11 aromatic rings. The zero-order chi connectivity index (χ0) is 36.3. The third-order valence-electron chi connectivity index (χ3n) is 10.7. The largest absolute Gasteiger partial charge is 0.454 e. The van der Waals surface area contributed by atoms with E-state index in [4.69, 9.17) is 13.8 Å². The van der Waals surface area contributed by atoms with Gasteiger partial charge in [0.25, 0.3) is 0 Å². The molecule has 0 bridgehead atoms. The van der Waals surface area contributed by atoms with Crippen molar-refractivity contribution in [2.45, 2.75) is 0 Å². The van der Waals surface area contributed by atoms with Crippen LogP contribution in [0.1, 0.15) is 0 Å². The van der Waals surface area contributed by atoms with Crippen LogP contribution in [-0.2, 0) is 0 Å². The molecule has 0 spiro atoms. The predicted molar refractivity (Wildman–Crippen MR) is 227 cm³/mol. The molecule has 0 aliphatic carbocycles. The fourth-order valence-electron chi connectivity index (χ4n) is 8.11. The van der Waals surface area contributed by atoms with E-state index in [1.54, 1.807) is 0 Å². The fourth-order valence-corrected chi connectivity index (χ4v) is 8.11. The Balaban J connectivity index is 1.10. The molecule has 2 aromatic heterocycles. The molecular weight excluding hydrogens is 673 g/mol.